The summed E-state index contributed by atoms with van der Waals surface area (Å²) in [6.45, 7) is -0.0964. The van der Waals surface area contributed by atoms with E-state index < -0.39 is 12.7 Å². The van der Waals surface area contributed by atoms with E-state index in [1.807, 2.05) is 6.07 Å². The van der Waals surface area contributed by atoms with E-state index in [0.717, 1.165) is 12.0 Å². The van der Waals surface area contributed by atoms with E-state index >= 15 is 0 Å². The summed E-state index contributed by atoms with van der Waals surface area (Å²) >= 11 is 0. The van der Waals surface area contributed by atoms with Gasteiger partial charge in [-0.25, -0.2) is 9.37 Å². The normalized spacial score (nSPS) is 18.1. The number of hydrogen-bond acceptors (Lipinski definition) is 3. The number of likely N-dealkylation sites (tertiary alicyclic amines) is 1. The molecule has 4 rings (SSSR count). The van der Waals surface area contributed by atoms with Crippen LogP contribution in [0.25, 0.3) is 22.5 Å². The molecule has 29 heavy (non-hydrogen) atoms. The van der Waals surface area contributed by atoms with Crippen molar-refractivity contribution in [3.05, 3.63) is 60.4 Å². The van der Waals surface area contributed by atoms with Crippen LogP contribution in [-0.4, -0.2) is 45.7 Å². The van der Waals surface area contributed by atoms with Crippen LogP contribution in [0, 0.1) is 5.82 Å². The number of H-pyrrole nitrogens is 1. The van der Waals surface area contributed by atoms with Crippen molar-refractivity contribution < 1.29 is 17.6 Å². The molecule has 3 heterocycles. The Morgan fingerprint density at radius 2 is 1.97 bits per heavy atom. The highest BCUT2D eigenvalue weighted by Crippen LogP contribution is 2.29. The molecule has 4 nitrogen and oxygen atoms in total. The Morgan fingerprint density at radius 3 is 2.69 bits per heavy atom. The van der Waals surface area contributed by atoms with Gasteiger partial charge in [-0.15, -0.1) is 0 Å². The first kappa shape index (κ1) is 19.6. The van der Waals surface area contributed by atoms with Crippen LogP contribution in [0.3, 0.4) is 0 Å². The lowest BCUT2D eigenvalue weighted by Gasteiger charge is -2.32. The van der Waals surface area contributed by atoms with Crippen molar-refractivity contribution in [1.82, 2.24) is 19.9 Å². The molecule has 0 aliphatic carbocycles. The smallest absolute Gasteiger partial charge is 0.348 e. The van der Waals surface area contributed by atoms with Crippen LogP contribution in [0.5, 0.6) is 0 Å². The SMILES string of the molecule is Fc1cccc(-c2ccc(-c3c[nH]c([C@@H]4CCCN(CC(F)(F)F)C4)n3)cn2)c1. The summed E-state index contributed by atoms with van der Waals surface area (Å²) in [5, 5.41) is 0. The Morgan fingerprint density at radius 1 is 1.10 bits per heavy atom. The standard InChI is InChI=1S/C21H20F4N4/c22-17-5-1-3-14(9-17)18-7-6-15(10-26-18)19-11-27-20(28-19)16-4-2-8-29(12-16)13-21(23,24)25/h1,3,5-7,9-11,16H,2,4,8,12-13H2,(H,27,28)/t16-/m1/s1. The Labute approximate surface area is 165 Å². The Hall–Kier alpha value is -2.74. The molecule has 0 radical (unpaired) electrons. The maximum Gasteiger partial charge on any atom is 0.401 e. The van der Waals surface area contributed by atoms with Crippen LogP contribution in [0.4, 0.5) is 17.6 Å². The number of piperidine rings is 1. The summed E-state index contributed by atoms with van der Waals surface area (Å²) in [7, 11) is 0. The Bertz CT molecular complexity index is 965. The number of aromatic nitrogens is 3. The molecule has 8 heteroatoms. The number of aromatic amines is 1. The monoisotopic (exact) mass is 404 g/mol. The van der Waals surface area contributed by atoms with Crippen LogP contribution in [0.1, 0.15) is 24.6 Å². The van der Waals surface area contributed by atoms with Gasteiger partial charge < -0.3 is 4.98 Å². The molecule has 1 atom stereocenters. The summed E-state index contributed by atoms with van der Waals surface area (Å²) in [4.78, 5) is 13.5. The topological polar surface area (TPSA) is 44.8 Å². The number of hydrogen-bond donors (Lipinski definition) is 1. The molecule has 1 aliphatic heterocycles. The minimum atomic E-state index is -4.19. The molecule has 0 spiro atoms. The van der Waals surface area contributed by atoms with Gasteiger partial charge >= 0.3 is 6.18 Å². The molecule has 1 aliphatic rings. The molecule has 0 saturated carbocycles. The molecule has 0 amide bonds. The first-order valence-corrected chi connectivity index (χ1v) is 9.44. The zero-order valence-electron chi connectivity index (χ0n) is 15.6. The van der Waals surface area contributed by atoms with E-state index in [1.54, 1.807) is 30.6 Å². The average Bonchev–Trinajstić information content (AvgIpc) is 3.17. The summed E-state index contributed by atoms with van der Waals surface area (Å²) in [5.41, 5.74) is 2.81. The number of imidazole rings is 1. The molecule has 0 unspecified atom stereocenters. The predicted octanol–water partition coefficient (Wildman–Crippen LogP) is 5.02. The van der Waals surface area contributed by atoms with Gasteiger partial charge in [-0.3, -0.25) is 9.88 Å². The van der Waals surface area contributed by atoms with Crippen molar-refractivity contribution in [3.63, 3.8) is 0 Å². The predicted molar refractivity (Wildman–Crippen MR) is 102 cm³/mol. The fraction of sp³-hybridized carbons (Fsp3) is 0.333. The van der Waals surface area contributed by atoms with Gasteiger partial charge in [0.25, 0.3) is 0 Å². The lowest BCUT2D eigenvalue weighted by molar-refractivity contribution is -0.148. The molecule has 2 aromatic heterocycles. The summed E-state index contributed by atoms with van der Waals surface area (Å²) in [5.74, 6) is 0.317. The van der Waals surface area contributed by atoms with Crippen LogP contribution < -0.4 is 0 Å². The van der Waals surface area contributed by atoms with Crippen LogP contribution >= 0.6 is 0 Å². The molecular weight excluding hydrogens is 384 g/mol. The third kappa shape index (κ3) is 4.82. The van der Waals surface area contributed by atoms with Crippen molar-refractivity contribution in [2.24, 2.45) is 0 Å². The molecule has 0 bridgehead atoms. The van der Waals surface area contributed by atoms with Gasteiger partial charge in [0.1, 0.15) is 11.6 Å². The highest BCUT2D eigenvalue weighted by Gasteiger charge is 2.33. The van der Waals surface area contributed by atoms with Gasteiger partial charge in [-0.05, 0) is 43.7 Å². The van der Waals surface area contributed by atoms with E-state index in [0.29, 0.717) is 42.3 Å². The largest absolute Gasteiger partial charge is 0.401 e. The number of pyridine rings is 1. The van der Waals surface area contributed by atoms with E-state index in [-0.39, 0.29) is 11.7 Å². The lowest BCUT2D eigenvalue weighted by atomic mass is 9.97. The number of nitrogens with zero attached hydrogens (tertiary/aromatic N) is 3. The minimum absolute atomic E-state index is 0.0561. The van der Waals surface area contributed by atoms with Crippen molar-refractivity contribution in [2.45, 2.75) is 24.9 Å². The van der Waals surface area contributed by atoms with Gasteiger partial charge in [0.05, 0.1) is 17.9 Å². The van der Waals surface area contributed by atoms with Crippen molar-refractivity contribution in [2.75, 3.05) is 19.6 Å². The van der Waals surface area contributed by atoms with Gasteiger partial charge in [-0.1, -0.05) is 12.1 Å². The fourth-order valence-corrected chi connectivity index (χ4v) is 3.73. The molecule has 1 aromatic carbocycles. The Kier molecular flexibility index (Phi) is 5.36. The number of alkyl halides is 3. The van der Waals surface area contributed by atoms with E-state index in [1.165, 1.54) is 17.0 Å². The van der Waals surface area contributed by atoms with Gasteiger partial charge in [0.15, 0.2) is 0 Å². The van der Waals surface area contributed by atoms with Gasteiger partial charge in [-0.2, -0.15) is 13.2 Å². The first-order chi connectivity index (χ1) is 13.9. The number of rotatable bonds is 4. The van der Waals surface area contributed by atoms with Crippen LogP contribution in [-0.2, 0) is 0 Å². The molecular formula is C21H20F4N4. The van der Waals surface area contributed by atoms with Gasteiger partial charge in [0.2, 0.25) is 0 Å². The summed E-state index contributed by atoms with van der Waals surface area (Å²) in [6, 6.07) is 9.86. The molecule has 1 N–H and O–H groups in total. The number of halogens is 4. The zero-order valence-corrected chi connectivity index (χ0v) is 15.6. The number of nitrogens with one attached hydrogen (secondary N) is 1. The highest BCUT2D eigenvalue weighted by molar-refractivity contribution is 5.64. The summed E-state index contributed by atoms with van der Waals surface area (Å²) in [6.07, 6.45) is 0.734. The van der Waals surface area contributed by atoms with Crippen molar-refractivity contribution in [1.29, 1.82) is 0 Å². The maximum atomic E-state index is 13.4. The first-order valence-electron chi connectivity index (χ1n) is 9.44. The summed E-state index contributed by atoms with van der Waals surface area (Å²) < 4.78 is 51.4. The molecule has 152 valence electrons. The second kappa shape index (κ2) is 7.94. The van der Waals surface area contributed by atoms with E-state index in [9.17, 15) is 17.6 Å². The van der Waals surface area contributed by atoms with Crippen LogP contribution in [0.15, 0.2) is 48.8 Å². The number of benzene rings is 1. The molecule has 1 saturated heterocycles. The van der Waals surface area contributed by atoms with Gasteiger partial charge in [0, 0.05) is 36.0 Å². The van der Waals surface area contributed by atoms with E-state index in [2.05, 4.69) is 15.0 Å². The lowest BCUT2D eigenvalue weighted by Crippen LogP contribution is -2.40. The second-order valence-corrected chi connectivity index (χ2v) is 7.30. The van der Waals surface area contributed by atoms with Crippen molar-refractivity contribution >= 4 is 0 Å². The fourth-order valence-electron chi connectivity index (χ4n) is 3.73. The quantitative estimate of drug-likeness (QED) is 0.621. The van der Waals surface area contributed by atoms with Crippen molar-refractivity contribution in [3.8, 4) is 22.5 Å². The average molecular weight is 404 g/mol. The molecule has 3 aromatic rings. The third-order valence-corrected chi connectivity index (χ3v) is 5.07. The highest BCUT2D eigenvalue weighted by atomic mass is 19.4. The van der Waals surface area contributed by atoms with E-state index in [4.69, 9.17) is 0 Å². The molecule has 1 fully saturated rings. The Balaban J connectivity index is 1.47. The third-order valence-electron chi connectivity index (χ3n) is 5.07. The minimum Gasteiger partial charge on any atom is -0.348 e. The van der Waals surface area contributed by atoms with Crippen LogP contribution in [0.2, 0.25) is 0 Å². The maximum absolute atomic E-state index is 13.4. The second-order valence-electron chi connectivity index (χ2n) is 7.30. The zero-order chi connectivity index (χ0) is 20.4.